The molecule has 1 aromatic carbocycles. The van der Waals surface area contributed by atoms with Gasteiger partial charge in [-0.25, -0.2) is 0 Å². The molecule has 0 radical (unpaired) electrons. The summed E-state index contributed by atoms with van der Waals surface area (Å²) in [5, 5.41) is 11.9. The first-order valence-corrected chi connectivity index (χ1v) is 7.97. The smallest absolute Gasteiger partial charge is 0.248 e. The number of piperazine rings is 1. The summed E-state index contributed by atoms with van der Waals surface area (Å²) in [6.07, 6.45) is 0. The lowest BCUT2D eigenvalue weighted by Crippen LogP contribution is -2.53. The van der Waals surface area contributed by atoms with E-state index in [1.807, 2.05) is 24.3 Å². The van der Waals surface area contributed by atoms with Gasteiger partial charge in [-0.3, -0.25) is 4.90 Å². The summed E-state index contributed by atoms with van der Waals surface area (Å²) in [5.41, 5.74) is 0.929. The van der Waals surface area contributed by atoms with Crippen LogP contribution in [0.2, 0.25) is 0 Å². The first-order chi connectivity index (χ1) is 10.1. The van der Waals surface area contributed by atoms with E-state index >= 15 is 0 Å². The van der Waals surface area contributed by atoms with Gasteiger partial charge in [-0.1, -0.05) is 12.1 Å². The zero-order valence-electron chi connectivity index (χ0n) is 12.2. The fraction of sp³-hybridized carbons (Fsp3) is 0.467. The van der Waals surface area contributed by atoms with Crippen molar-refractivity contribution in [1.82, 2.24) is 20.4 Å². The number of hydrogen-bond donors (Lipinski definition) is 1. The second kappa shape index (κ2) is 6.25. The molecule has 2 aromatic rings. The Balaban J connectivity index is 1.72. The second-order valence-electron chi connectivity index (χ2n) is 5.64. The van der Waals surface area contributed by atoms with E-state index in [-0.39, 0.29) is 0 Å². The number of rotatable bonds is 3. The Morgan fingerprint density at radius 2 is 1.95 bits per heavy atom. The molecule has 6 heteroatoms. The summed E-state index contributed by atoms with van der Waals surface area (Å²) in [4.78, 5) is 2.35. The maximum absolute atomic E-state index is 5.81. The molecule has 0 bridgehead atoms. The van der Waals surface area contributed by atoms with Crippen molar-refractivity contribution in [2.24, 2.45) is 0 Å². The Kier molecular flexibility index (Phi) is 4.37. The normalized spacial score (nSPS) is 23.4. The van der Waals surface area contributed by atoms with E-state index in [0.29, 0.717) is 30.4 Å². The number of nitrogens with one attached hydrogen (secondary N) is 1. The van der Waals surface area contributed by atoms with Crippen LogP contribution in [0.15, 0.2) is 33.2 Å². The van der Waals surface area contributed by atoms with Gasteiger partial charge in [0, 0.05) is 29.6 Å². The van der Waals surface area contributed by atoms with Gasteiger partial charge in [0.2, 0.25) is 11.8 Å². The van der Waals surface area contributed by atoms with Gasteiger partial charge >= 0.3 is 0 Å². The van der Waals surface area contributed by atoms with Crippen molar-refractivity contribution in [2.45, 2.75) is 32.5 Å². The van der Waals surface area contributed by atoms with Crippen molar-refractivity contribution in [3.8, 4) is 11.5 Å². The van der Waals surface area contributed by atoms with Gasteiger partial charge in [-0.2, -0.15) is 0 Å². The van der Waals surface area contributed by atoms with Crippen LogP contribution in [0, 0.1) is 0 Å². The Morgan fingerprint density at radius 3 is 2.67 bits per heavy atom. The molecule has 1 saturated heterocycles. The molecular weight excluding hydrogens is 332 g/mol. The predicted octanol–water partition coefficient (Wildman–Crippen LogP) is 2.68. The zero-order valence-corrected chi connectivity index (χ0v) is 13.8. The largest absolute Gasteiger partial charge is 0.419 e. The van der Waals surface area contributed by atoms with Crippen molar-refractivity contribution < 1.29 is 4.42 Å². The van der Waals surface area contributed by atoms with Gasteiger partial charge in [0.15, 0.2) is 0 Å². The van der Waals surface area contributed by atoms with E-state index in [1.54, 1.807) is 0 Å². The van der Waals surface area contributed by atoms with Crippen LogP contribution in [0.3, 0.4) is 0 Å². The van der Waals surface area contributed by atoms with E-state index in [2.05, 4.69) is 50.2 Å². The number of hydrogen-bond acceptors (Lipinski definition) is 5. The summed E-state index contributed by atoms with van der Waals surface area (Å²) in [7, 11) is 0. The van der Waals surface area contributed by atoms with Crippen LogP contribution < -0.4 is 5.32 Å². The monoisotopic (exact) mass is 350 g/mol. The third-order valence-electron chi connectivity index (χ3n) is 3.56. The van der Waals surface area contributed by atoms with Crippen LogP contribution in [0.4, 0.5) is 0 Å². The van der Waals surface area contributed by atoms with Crippen LogP contribution >= 0.6 is 15.9 Å². The van der Waals surface area contributed by atoms with Crippen LogP contribution in [0.5, 0.6) is 0 Å². The van der Waals surface area contributed by atoms with Crippen LogP contribution in [0.1, 0.15) is 19.7 Å². The van der Waals surface area contributed by atoms with Gasteiger partial charge in [0.25, 0.3) is 0 Å². The molecule has 21 heavy (non-hydrogen) atoms. The van der Waals surface area contributed by atoms with Crippen molar-refractivity contribution in [1.29, 1.82) is 0 Å². The van der Waals surface area contributed by atoms with E-state index in [0.717, 1.165) is 23.1 Å². The minimum atomic E-state index is 0.486. The lowest BCUT2D eigenvalue weighted by Gasteiger charge is -2.35. The molecule has 1 aliphatic heterocycles. The van der Waals surface area contributed by atoms with Gasteiger partial charge in [0.05, 0.1) is 12.1 Å². The maximum atomic E-state index is 5.81. The molecule has 2 atom stereocenters. The van der Waals surface area contributed by atoms with Crippen molar-refractivity contribution in [3.63, 3.8) is 0 Å². The molecule has 1 aromatic heterocycles. The highest BCUT2D eigenvalue weighted by atomic mass is 79.9. The molecule has 0 aliphatic carbocycles. The minimum absolute atomic E-state index is 0.486. The second-order valence-corrected chi connectivity index (χ2v) is 6.50. The third-order valence-corrected chi connectivity index (χ3v) is 4.25. The molecule has 0 saturated carbocycles. The molecule has 2 heterocycles. The number of benzene rings is 1. The number of aromatic nitrogens is 2. The standard InChI is InChI=1S/C15H19BrN4O/c1-10-7-20(8-11(2)17-10)9-14-18-19-15(21-14)12-5-3-4-6-13(12)16/h3-6,10-11,17H,7-9H2,1-2H3. The molecule has 5 nitrogen and oxygen atoms in total. The third kappa shape index (κ3) is 3.51. The minimum Gasteiger partial charge on any atom is -0.419 e. The van der Waals surface area contributed by atoms with Gasteiger partial charge in [-0.05, 0) is 41.9 Å². The molecule has 1 N–H and O–H groups in total. The highest BCUT2D eigenvalue weighted by Gasteiger charge is 2.22. The number of nitrogens with zero attached hydrogens (tertiary/aromatic N) is 3. The summed E-state index contributed by atoms with van der Waals surface area (Å²) in [6.45, 7) is 7.09. The summed E-state index contributed by atoms with van der Waals surface area (Å²) >= 11 is 3.51. The van der Waals surface area contributed by atoms with Crippen LogP contribution in [-0.4, -0.2) is 40.3 Å². The lowest BCUT2D eigenvalue weighted by atomic mass is 10.1. The summed E-state index contributed by atoms with van der Waals surface area (Å²) < 4.78 is 6.77. The fourth-order valence-electron chi connectivity index (χ4n) is 2.82. The first kappa shape index (κ1) is 14.7. The molecule has 1 fully saturated rings. The lowest BCUT2D eigenvalue weighted by molar-refractivity contribution is 0.154. The quantitative estimate of drug-likeness (QED) is 0.922. The maximum Gasteiger partial charge on any atom is 0.248 e. The average molecular weight is 351 g/mol. The van der Waals surface area contributed by atoms with Gasteiger partial charge in [-0.15, -0.1) is 10.2 Å². The molecule has 1 aliphatic rings. The highest BCUT2D eigenvalue weighted by Crippen LogP contribution is 2.26. The zero-order chi connectivity index (χ0) is 14.8. The topological polar surface area (TPSA) is 54.2 Å². The average Bonchev–Trinajstić information content (AvgIpc) is 2.86. The van der Waals surface area contributed by atoms with Crippen molar-refractivity contribution in [2.75, 3.05) is 13.1 Å². The van der Waals surface area contributed by atoms with Crippen molar-refractivity contribution >= 4 is 15.9 Å². The van der Waals surface area contributed by atoms with E-state index in [9.17, 15) is 0 Å². The molecule has 2 unspecified atom stereocenters. The highest BCUT2D eigenvalue weighted by molar-refractivity contribution is 9.10. The van der Waals surface area contributed by atoms with Crippen molar-refractivity contribution in [3.05, 3.63) is 34.6 Å². The summed E-state index contributed by atoms with van der Waals surface area (Å²) in [6, 6.07) is 8.84. The predicted molar refractivity (Wildman–Crippen MR) is 84.8 cm³/mol. The Hall–Kier alpha value is -1.24. The van der Waals surface area contributed by atoms with E-state index < -0.39 is 0 Å². The van der Waals surface area contributed by atoms with Gasteiger partial charge in [0.1, 0.15) is 0 Å². The summed E-state index contributed by atoms with van der Waals surface area (Å²) in [5.74, 6) is 1.23. The van der Waals surface area contributed by atoms with Gasteiger partial charge < -0.3 is 9.73 Å². The van der Waals surface area contributed by atoms with E-state index in [4.69, 9.17) is 4.42 Å². The van der Waals surface area contributed by atoms with Crippen LogP contribution in [-0.2, 0) is 6.54 Å². The SMILES string of the molecule is CC1CN(Cc2nnc(-c3ccccc3Br)o2)CC(C)N1. The number of halogens is 1. The molecule has 0 spiro atoms. The van der Waals surface area contributed by atoms with E-state index in [1.165, 1.54) is 0 Å². The molecule has 0 amide bonds. The molecule has 3 rings (SSSR count). The molecule has 112 valence electrons. The Morgan fingerprint density at radius 1 is 1.24 bits per heavy atom. The Labute approximate surface area is 132 Å². The molecular formula is C15H19BrN4O. The Bertz CT molecular complexity index is 605. The first-order valence-electron chi connectivity index (χ1n) is 7.17. The van der Waals surface area contributed by atoms with Crippen LogP contribution in [0.25, 0.3) is 11.5 Å². The fourth-order valence-corrected chi connectivity index (χ4v) is 3.28.